The van der Waals surface area contributed by atoms with Crippen LogP contribution in [0.25, 0.3) is 0 Å². The highest BCUT2D eigenvalue weighted by atomic mass is 35.5. The van der Waals surface area contributed by atoms with Crippen molar-refractivity contribution in [2.45, 2.75) is 25.9 Å². The summed E-state index contributed by atoms with van der Waals surface area (Å²) in [6.07, 6.45) is 0.897. The van der Waals surface area contributed by atoms with Gasteiger partial charge in [0.05, 0.1) is 13.7 Å². The quantitative estimate of drug-likeness (QED) is 0.598. The number of pyridine rings is 1. The molecule has 2 aromatic rings. The van der Waals surface area contributed by atoms with Gasteiger partial charge in [0.15, 0.2) is 0 Å². The second-order valence-electron chi connectivity index (χ2n) is 8.62. The van der Waals surface area contributed by atoms with Crippen LogP contribution in [0.2, 0.25) is 5.02 Å². The molecule has 1 fully saturated rings. The van der Waals surface area contributed by atoms with Gasteiger partial charge in [-0.3, -0.25) is 14.5 Å². The van der Waals surface area contributed by atoms with Crippen molar-refractivity contribution in [3.8, 4) is 5.75 Å². The summed E-state index contributed by atoms with van der Waals surface area (Å²) < 4.78 is 12.6. The minimum atomic E-state index is -0.531. The van der Waals surface area contributed by atoms with Crippen LogP contribution in [0.15, 0.2) is 35.1 Å². The molecule has 0 aliphatic carbocycles. The average molecular weight is 474 g/mol. The summed E-state index contributed by atoms with van der Waals surface area (Å²) in [4.78, 5) is 41.4. The van der Waals surface area contributed by atoms with E-state index in [1.165, 1.54) is 13.2 Å². The van der Waals surface area contributed by atoms with Crippen LogP contribution < -0.4 is 10.3 Å². The highest BCUT2D eigenvalue weighted by molar-refractivity contribution is 6.30. The average Bonchev–Trinajstić information content (AvgIpc) is 2.97. The maximum Gasteiger partial charge on any atom is 0.343 e. The van der Waals surface area contributed by atoms with E-state index < -0.39 is 5.97 Å². The number of halogens is 1. The molecule has 0 bridgehead atoms. The Bertz CT molecular complexity index is 1120. The Kier molecular flexibility index (Phi) is 7.05. The van der Waals surface area contributed by atoms with Gasteiger partial charge in [-0.25, -0.2) is 4.79 Å². The van der Waals surface area contributed by atoms with E-state index in [0.29, 0.717) is 61.8 Å². The smallest absolute Gasteiger partial charge is 0.343 e. The third-order valence-corrected chi connectivity index (χ3v) is 6.50. The van der Waals surface area contributed by atoms with Crippen LogP contribution in [0, 0.1) is 5.92 Å². The van der Waals surface area contributed by atoms with E-state index in [9.17, 15) is 14.4 Å². The van der Waals surface area contributed by atoms with E-state index in [-0.39, 0.29) is 29.7 Å². The van der Waals surface area contributed by atoms with Gasteiger partial charge in [0.25, 0.3) is 5.56 Å². The topological polar surface area (TPSA) is 81.1 Å². The van der Waals surface area contributed by atoms with Crippen LogP contribution in [-0.4, -0.2) is 66.6 Å². The van der Waals surface area contributed by atoms with Crippen molar-refractivity contribution in [2.24, 2.45) is 5.92 Å². The lowest BCUT2D eigenvalue weighted by atomic mass is 10.1. The largest absolute Gasteiger partial charge is 0.492 e. The molecule has 9 heteroatoms. The monoisotopic (exact) mass is 473 g/mol. The first-order valence-corrected chi connectivity index (χ1v) is 11.4. The molecule has 2 aliphatic heterocycles. The molecule has 176 valence electrons. The highest BCUT2D eigenvalue weighted by Gasteiger charge is 2.30. The van der Waals surface area contributed by atoms with Gasteiger partial charge in [0.1, 0.15) is 11.3 Å². The van der Waals surface area contributed by atoms with Crippen LogP contribution in [-0.2, 0) is 29.0 Å². The molecule has 33 heavy (non-hydrogen) atoms. The zero-order chi connectivity index (χ0) is 23.5. The van der Waals surface area contributed by atoms with Crippen molar-refractivity contribution >= 4 is 23.5 Å². The molecule has 1 unspecified atom stereocenters. The first kappa shape index (κ1) is 23.3. The van der Waals surface area contributed by atoms with Crippen molar-refractivity contribution in [2.75, 3.05) is 40.4 Å². The predicted molar refractivity (Wildman–Crippen MR) is 124 cm³/mol. The number of likely N-dealkylation sites (tertiary alicyclic amines) is 1. The minimum absolute atomic E-state index is 0.0164. The molecule has 0 spiro atoms. The Labute approximate surface area is 197 Å². The number of methoxy groups -OCH3 is 1. The first-order valence-electron chi connectivity index (χ1n) is 11.0. The molecule has 0 N–H and O–H groups in total. The van der Waals surface area contributed by atoms with Gasteiger partial charge >= 0.3 is 5.97 Å². The summed E-state index contributed by atoms with van der Waals surface area (Å²) in [5, 5.41) is 0.687. The van der Waals surface area contributed by atoms with Gasteiger partial charge < -0.3 is 18.9 Å². The molecule has 4 rings (SSSR count). The summed E-state index contributed by atoms with van der Waals surface area (Å²) in [5.41, 5.74) is 1.79. The summed E-state index contributed by atoms with van der Waals surface area (Å²) >= 11 is 6.12. The molecule has 0 radical (unpaired) electrons. The van der Waals surface area contributed by atoms with Gasteiger partial charge in [0.2, 0.25) is 5.91 Å². The number of amides is 1. The number of hydrogen-bond acceptors (Lipinski definition) is 6. The molecule has 0 saturated carbocycles. The van der Waals surface area contributed by atoms with Crippen molar-refractivity contribution in [3.05, 3.63) is 62.5 Å². The number of ether oxygens (including phenoxy) is 2. The van der Waals surface area contributed by atoms with Crippen molar-refractivity contribution in [1.82, 2.24) is 14.4 Å². The molecule has 1 saturated heterocycles. The Hall–Kier alpha value is -2.84. The molecule has 1 amide bonds. The summed E-state index contributed by atoms with van der Waals surface area (Å²) in [7, 11) is 3.08. The van der Waals surface area contributed by atoms with Crippen LogP contribution in [0.4, 0.5) is 0 Å². The fourth-order valence-corrected chi connectivity index (χ4v) is 4.77. The Morgan fingerprint density at radius 2 is 2.00 bits per heavy atom. The summed E-state index contributed by atoms with van der Waals surface area (Å²) in [5.74, 6) is -0.221. The molecular weight excluding hydrogens is 446 g/mol. The molecule has 2 aliphatic rings. The van der Waals surface area contributed by atoms with Crippen LogP contribution in [0.3, 0.4) is 0 Å². The Morgan fingerprint density at radius 1 is 1.18 bits per heavy atom. The van der Waals surface area contributed by atoms with E-state index in [0.717, 1.165) is 5.56 Å². The lowest BCUT2D eigenvalue weighted by molar-refractivity contribution is -0.126. The maximum atomic E-state index is 12.9. The van der Waals surface area contributed by atoms with E-state index in [1.54, 1.807) is 16.5 Å². The molecule has 8 nitrogen and oxygen atoms in total. The third-order valence-electron chi connectivity index (χ3n) is 6.27. The number of carbonyl (C=O) groups excluding carboxylic acids is 2. The Morgan fingerprint density at radius 3 is 2.70 bits per heavy atom. The number of carbonyl (C=O) groups is 2. The zero-order valence-electron chi connectivity index (χ0n) is 18.9. The van der Waals surface area contributed by atoms with E-state index in [4.69, 9.17) is 21.1 Å². The second kappa shape index (κ2) is 9.97. The summed E-state index contributed by atoms with van der Waals surface area (Å²) in [6.45, 7) is 3.33. The number of rotatable bonds is 6. The number of fused-ring (bicyclic) bond motifs is 1. The Balaban J connectivity index is 1.57. The summed E-state index contributed by atoms with van der Waals surface area (Å²) in [6, 6.07) is 9.08. The number of esters is 1. The lowest BCUT2D eigenvalue weighted by Crippen LogP contribution is -2.29. The fourth-order valence-electron chi connectivity index (χ4n) is 4.56. The van der Waals surface area contributed by atoms with Crippen LogP contribution in [0.5, 0.6) is 5.75 Å². The highest BCUT2D eigenvalue weighted by Crippen LogP contribution is 2.26. The first-order chi connectivity index (χ1) is 15.9. The molecule has 1 aromatic heterocycles. The third kappa shape index (κ3) is 5.23. The van der Waals surface area contributed by atoms with Gasteiger partial charge in [-0.1, -0.05) is 23.7 Å². The predicted octanol–water partition coefficient (Wildman–Crippen LogP) is 2.20. The molecule has 3 heterocycles. The standard InChI is InChI=1S/C24H28ClN3O5/c1-26-13-17(11-21(26)29)15-33-20-12-22(30)28-9-8-27(14-16-4-3-5-18(25)10-16)7-6-19(28)23(20)24(31)32-2/h3-5,10,12,17H,6-9,11,13-15H2,1-2H3. The van der Waals surface area contributed by atoms with Gasteiger partial charge in [0, 0.05) is 75.3 Å². The van der Waals surface area contributed by atoms with Crippen molar-refractivity contribution in [1.29, 1.82) is 0 Å². The molecule has 1 aromatic carbocycles. The lowest BCUT2D eigenvalue weighted by Gasteiger charge is -2.19. The normalized spacial score (nSPS) is 18.7. The second-order valence-corrected chi connectivity index (χ2v) is 9.06. The number of benzene rings is 1. The molecular formula is C24H28ClN3O5. The van der Waals surface area contributed by atoms with E-state index in [1.807, 2.05) is 24.3 Å². The fraction of sp³-hybridized carbons (Fsp3) is 0.458. The van der Waals surface area contributed by atoms with Gasteiger partial charge in [-0.2, -0.15) is 0 Å². The number of nitrogens with zero attached hydrogens (tertiary/aromatic N) is 3. The molecule has 1 atom stereocenters. The number of hydrogen-bond donors (Lipinski definition) is 0. The van der Waals surface area contributed by atoms with Crippen LogP contribution >= 0.6 is 11.6 Å². The van der Waals surface area contributed by atoms with Gasteiger partial charge in [-0.15, -0.1) is 0 Å². The van der Waals surface area contributed by atoms with E-state index >= 15 is 0 Å². The SMILES string of the molecule is COC(=O)c1c(OCC2CC(=O)N(C)C2)cc(=O)n2c1CCN(Cc1cccc(Cl)c1)CC2. The minimum Gasteiger partial charge on any atom is -0.492 e. The van der Waals surface area contributed by atoms with E-state index in [2.05, 4.69) is 4.90 Å². The van der Waals surface area contributed by atoms with Gasteiger partial charge in [-0.05, 0) is 17.7 Å². The van der Waals surface area contributed by atoms with Crippen molar-refractivity contribution < 1.29 is 19.1 Å². The van der Waals surface area contributed by atoms with Crippen LogP contribution in [0.1, 0.15) is 28.0 Å². The zero-order valence-corrected chi connectivity index (χ0v) is 19.6. The number of aromatic nitrogens is 1. The van der Waals surface area contributed by atoms with Crippen molar-refractivity contribution in [3.63, 3.8) is 0 Å². The maximum absolute atomic E-state index is 12.9.